The van der Waals surface area contributed by atoms with E-state index in [0.717, 1.165) is 13.0 Å². The fraction of sp³-hybridized carbons (Fsp3) is 0.519. The predicted molar refractivity (Wildman–Crippen MR) is 135 cm³/mol. The van der Waals surface area contributed by atoms with Crippen molar-refractivity contribution in [1.82, 2.24) is 9.97 Å². The predicted octanol–water partition coefficient (Wildman–Crippen LogP) is 5.11. The summed E-state index contributed by atoms with van der Waals surface area (Å²) < 4.78 is 84.5. The number of carbonyl (C=O) groups is 1. The smallest absolute Gasteiger partial charge is 0.417 e. The van der Waals surface area contributed by atoms with E-state index in [1.54, 1.807) is 13.8 Å². The van der Waals surface area contributed by atoms with E-state index in [9.17, 15) is 22.4 Å². The van der Waals surface area contributed by atoms with Crippen LogP contribution in [-0.2, 0) is 23.7 Å². The van der Waals surface area contributed by atoms with Crippen LogP contribution in [0.3, 0.4) is 0 Å². The maximum absolute atomic E-state index is 14.5. The Hall–Kier alpha value is -3.45. The second kappa shape index (κ2) is 10.8. The van der Waals surface area contributed by atoms with Crippen LogP contribution in [0.15, 0.2) is 30.8 Å². The minimum absolute atomic E-state index is 0.0230. The Bertz CT molecular complexity index is 1280. The van der Waals surface area contributed by atoms with Crippen LogP contribution in [-0.4, -0.2) is 59.9 Å². The number of anilines is 1. The van der Waals surface area contributed by atoms with Gasteiger partial charge >= 0.3 is 6.18 Å². The Labute approximate surface area is 228 Å². The Morgan fingerprint density at radius 1 is 1.15 bits per heavy atom. The lowest BCUT2D eigenvalue weighted by Gasteiger charge is -2.32. The van der Waals surface area contributed by atoms with E-state index >= 15 is 0 Å². The van der Waals surface area contributed by atoms with Gasteiger partial charge in [-0.15, -0.1) is 0 Å². The number of methoxy groups -OCH3 is 1. The first-order valence-electron chi connectivity index (χ1n) is 12.5. The minimum atomic E-state index is -4.80. The van der Waals surface area contributed by atoms with Crippen LogP contribution < -0.4 is 10.1 Å². The van der Waals surface area contributed by atoms with E-state index in [1.807, 2.05) is 0 Å². The average molecular weight is 570 g/mol. The molecule has 218 valence electrons. The van der Waals surface area contributed by atoms with Crippen LogP contribution in [0.4, 0.5) is 23.2 Å². The van der Waals surface area contributed by atoms with Gasteiger partial charge in [-0.05, 0) is 19.9 Å². The van der Waals surface area contributed by atoms with E-state index in [-0.39, 0.29) is 47.4 Å². The highest BCUT2D eigenvalue weighted by Gasteiger charge is 2.65. The van der Waals surface area contributed by atoms with Crippen LogP contribution in [0.5, 0.6) is 5.75 Å². The van der Waals surface area contributed by atoms with Crippen LogP contribution in [0, 0.1) is 18.7 Å². The summed E-state index contributed by atoms with van der Waals surface area (Å²) in [5, 5.41) is 2.54. The summed E-state index contributed by atoms with van der Waals surface area (Å²) in [6.45, 7) is 7.29. The zero-order valence-corrected chi connectivity index (χ0v) is 22.9. The summed E-state index contributed by atoms with van der Waals surface area (Å²) in [6, 6.07) is 2.46. The van der Waals surface area contributed by atoms with Gasteiger partial charge in [0, 0.05) is 43.9 Å². The van der Waals surface area contributed by atoms with Crippen molar-refractivity contribution in [2.45, 2.75) is 64.2 Å². The van der Waals surface area contributed by atoms with E-state index < -0.39 is 47.2 Å². The second-order valence-corrected chi connectivity index (χ2v) is 10.3. The van der Waals surface area contributed by atoms with Crippen molar-refractivity contribution in [2.75, 3.05) is 25.6 Å². The molecule has 40 heavy (non-hydrogen) atoms. The third-order valence-corrected chi connectivity index (χ3v) is 7.14. The van der Waals surface area contributed by atoms with E-state index in [0.29, 0.717) is 0 Å². The molecule has 0 unspecified atom stereocenters. The van der Waals surface area contributed by atoms with Gasteiger partial charge < -0.3 is 29.0 Å². The molecule has 2 aliphatic heterocycles. The SMILES string of the molecule is COCCOc1c([C@H]2[C@@H](C(=O)Nc3cnc(C4=COC(C)(C)O4)nc3)O[C@@](C)(C(F)(F)F)[C@H]2C)ccc(F)c1C. The van der Waals surface area contributed by atoms with Crippen molar-refractivity contribution >= 4 is 17.4 Å². The molecule has 1 aromatic heterocycles. The molecule has 0 saturated carbocycles. The van der Waals surface area contributed by atoms with Gasteiger partial charge in [-0.1, -0.05) is 13.0 Å². The zero-order valence-electron chi connectivity index (χ0n) is 22.9. The van der Waals surface area contributed by atoms with Crippen molar-refractivity contribution in [3.63, 3.8) is 0 Å². The van der Waals surface area contributed by atoms with Crippen molar-refractivity contribution in [3.8, 4) is 5.75 Å². The van der Waals surface area contributed by atoms with Crippen LogP contribution in [0.2, 0.25) is 0 Å². The normalized spacial score (nSPS) is 25.6. The number of nitrogens with zero attached hydrogens (tertiary/aromatic N) is 2. The molecule has 1 saturated heterocycles. The Kier molecular flexibility index (Phi) is 8.01. The van der Waals surface area contributed by atoms with Gasteiger partial charge in [0.15, 0.2) is 11.4 Å². The molecular weight excluding hydrogens is 538 g/mol. The summed E-state index contributed by atoms with van der Waals surface area (Å²) in [4.78, 5) is 21.8. The number of alkyl halides is 3. The minimum Gasteiger partial charge on any atom is -0.491 e. The van der Waals surface area contributed by atoms with Gasteiger partial charge in [-0.2, -0.15) is 13.2 Å². The largest absolute Gasteiger partial charge is 0.491 e. The summed E-state index contributed by atoms with van der Waals surface area (Å²) in [7, 11) is 1.45. The monoisotopic (exact) mass is 569 g/mol. The number of nitrogens with one attached hydrogen (secondary N) is 1. The van der Waals surface area contributed by atoms with Crippen molar-refractivity contribution in [3.05, 3.63) is 53.6 Å². The van der Waals surface area contributed by atoms with Crippen LogP contribution >= 0.6 is 0 Å². The molecule has 1 fully saturated rings. The number of aromatic nitrogens is 2. The molecule has 1 N–H and O–H groups in total. The molecule has 0 bridgehead atoms. The molecular formula is C27H31F4N3O6. The molecule has 13 heteroatoms. The highest BCUT2D eigenvalue weighted by Crippen LogP contribution is 2.55. The van der Waals surface area contributed by atoms with Gasteiger partial charge in [0.05, 0.1) is 24.7 Å². The Balaban J connectivity index is 1.66. The fourth-order valence-corrected chi connectivity index (χ4v) is 4.73. The number of carbonyl (C=O) groups excluding carboxylic acids is 1. The molecule has 1 amide bonds. The third kappa shape index (κ3) is 5.57. The summed E-state index contributed by atoms with van der Waals surface area (Å²) >= 11 is 0. The van der Waals surface area contributed by atoms with E-state index in [2.05, 4.69) is 15.3 Å². The average Bonchev–Trinajstić information content (AvgIpc) is 3.39. The Morgan fingerprint density at radius 2 is 1.82 bits per heavy atom. The maximum Gasteiger partial charge on any atom is 0.417 e. The number of amides is 1. The zero-order chi connectivity index (χ0) is 29.5. The number of rotatable bonds is 8. The lowest BCUT2D eigenvalue weighted by atomic mass is 9.76. The highest BCUT2D eigenvalue weighted by molar-refractivity contribution is 5.95. The lowest BCUT2D eigenvalue weighted by Crippen LogP contribution is -2.47. The van der Waals surface area contributed by atoms with E-state index in [1.165, 1.54) is 45.7 Å². The molecule has 4 atom stereocenters. The van der Waals surface area contributed by atoms with Crippen molar-refractivity contribution in [1.29, 1.82) is 0 Å². The van der Waals surface area contributed by atoms with Crippen molar-refractivity contribution in [2.24, 2.45) is 5.92 Å². The molecule has 0 spiro atoms. The fourth-order valence-electron chi connectivity index (χ4n) is 4.73. The number of hydrogen-bond donors (Lipinski definition) is 1. The molecule has 2 aromatic rings. The van der Waals surface area contributed by atoms with Gasteiger partial charge in [-0.3, -0.25) is 4.79 Å². The first-order chi connectivity index (χ1) is 18.7. The lowest BCUT2D eigenvalue weighted by molar-refractivity contribution is -0.272. The summed E-state index contributed by atoms with van der Waals surface area (Å²) in [5.74, 6) is -4.20. The molecule has 0 radical (unpaired) electrons. The number of ether oxygens (including phenoxy) is 5. The quantitative estimate of drug-likeness (QED) is 0.346. The summed E-state index contributed by atoms with van der Waals surface area (Å²) in [6.07, 6.45) is -2.48. The van der Waals surface area contributed by atoms with Crippen LogP contribution in [0.25, 0.3) is 5.76 Å². The summed E-state index contributed by atoms with van der Waals surface area (Å²) in [5.41, 5.74) is -2.24. The number of hydrogen-bond acceptors (Lipinski definition) is 8. The third-order valence-electron chi connectivity index (χ3n) is 7.14. The first-order valence-corrected chi connectivity index (χ1v) is 12.5. The van der Waals surface area contributed by atoms with E-state index in [4.69, 9.17) is 23.7 Å². The van der Waals surface area contributed by atoms with Gasteiger partial charge in [-0.25, -0.2) is 14.4 Å². The van der Waals surface area contributed by atoms with Gasteiger partial charge in [0.25, 0.3) is 5.91 Å². The molecule has 1 aromatic carbocycles. The Morgan fingerprint density at radius 3 is 2.40 bits per heavy atom. The van der Waals surface area contributed by atoms with Crippen molar-refractivity contribution < 1.29 is 46.0 Å². The highest BCUT2D eigenvalue weighted by atomic mass is 19.4. The van der Waals surface area contributed by atoms with Gasteiger partial charge in [0.1, 0.15) is 30.5 Å². The number of benzene rings is 1. The molecule has 0 aliphatic carbocycles. The molecule has 2 aliphatic rings. The van der Waals surface area contributed by atoms with Crippen LogP contribution in [0.1, 0.15) is 50.6 Å². The maximum atomic E-state index is 14.5. The van der Waals surface area contributed by atoms with Gasteiger partial charge in [0.2, 0.25) is 11.5 Å². The standard InChI is InChI=1S/C27H31F4N3O6/c1-14-18(28)8-7-17(21(14)37-10-9-36-6)20-15(2)26(5,27(29,30)31)40-22(20)24(35)34-16-11-32-23(33-12-16)19-13-38-25(3,4)39-19/h7-8,11-13,15,20,22H,9-10H2,1-6H3,(H,34,35)/t15-,20-,22-,26+/m0/s1. The number of halogens is 4. The molecule has 9 nitrogen and oxygen atoms in total. The second-order valence-electron chi connectivity index (χ2n) is 10.3. The first kappa shape index (κ1) is 29.5. The molecule has 4 rings (SSSR count). The topological polar surface area (TPSA) is 101 Å². The molecule has 3 heterocycles.